The predicted molar refractivity (Wildman–Crippen MR) is 87.5 cm³/mol. The van der Waals surface area contributed by atoms with Crippen LogP contribution in [0.5, 0.6) is 0 Å². The first-order valence-electron chi connectivity index (χ1n) is 7.27. The van der Waals surface area contributed by atoms with Gasteiger partial charge in [0.25, 0.3) is 5.91 Å². The molecule has 0 atom stereocenters. The highest BCUT2D eigenvalue weighted by atomic mass is 16.6. The summed E-state index contributed by atoms with van der Waals surface area (Å²) < 4.78 is 10.1. The zero-order chi connectivity index (χ0) is 17.5. The van der Waals surface area contributed by atoms with Crippen LogP contribution in [0.15, 0.2) is 52.7 Å². The minimum absolute atomic E-state index is 0.202. The molecule has 122 valence electrons. The molecule has 0 bridgehead atoms. The Kier molecular flexibility index (Phi) is 5.53. The number of carbonyl (C=O) groups is 2. The molecule has 6 heteroatoms. The van der Waals surface area contributed by atoms with E-state index < -0.39 is 12.0 Å². The summed E-state index contributed by atoms with van der Waals surface area (Å²) in [5.74, 6) is -0.139. The van der Waals surface area contributed by atoms with Crippen LogP contribution in [0.25, 0.3) is 17.4 Å². The van der Waals surface area contributed by atoms with E-state index in [0.717, 1.165) is 5.56 Å². The van der Waals surface area contributed by atoms with Crippen molar-refractivity contribution in [3.05, 3.63) is 53.8 Å². The van der Waals surface area contributed by atoms with Crippen LogP contribution >= 0.6 is 0 Å². The maximum Gasteiger partial charge on any atom is 0.414 e. The van der Waals surface area contributed by atoms with Crippen LogP contribution in [0.3, 0.4) is 0 Å². The zero-order valence-electron chi connectivity index (χ0n) is 13.3. The number of ether oxygens (including phenoxy) is 1. The number of amides is 2. The van der Waals surface area contributed by atoms with E-state index in [0.29, 0.717) is 11.3 Å². The summed E-state index contributed by atoms with van der Waals surface area (Å²) in [6.07, 6.45) is 1.70. The van der Waals surface area contributed by atoms with Crippen molar-refractivity contribution in [2.45, 2.75) is 20.0 Å². The Labute approximate surface area is 139 Å². The number of carbonyl (C=O) groups excluding carboxylic acids is 2. The first-order valence-corrected chi connectivity index (χ1v) is 7.27. The van der Waals surface area contributed by atoms with Crippen LogP contribution in [-0.2, 0) is 9.53 Å². The summed E-state index contributed by atoms with van der Waals surface area (Å²) in [5, 5.41) is 11.2. The maximum atomic E-state index is 12.0. The summed E-state index contributed by atoms with van der Waals surface area (Å²) in [4.78, 5) is 23.4. The zero-order valence-corrected chi connectivity index (χ0v) is 13.3. The number of hydrogen-bond donors (Lipinski definition) is 1. The third kappa shape index (κ3) is 4.58. The molecule has 2 rings (SSSR count). The second kappa shape index (κ2) is 7.79. The molecule has 24 heavy (non-hydrogen) atoms. The molecule has 1 N–H and O–H groups in total. The summed E-state index contributed by atoms with van der Waals surface area (Å²) in [6.45, 7) is 3.32. The average molecular weight is 324 g/mol. The number of rotatable bonds is 4. The lowest BCUT2D eigenvalue weighted by Gasteiger charge is -2.08. The van der Waals surface area contributed by atoms with E-state index >= 15 is 0 Å². The number of nitriles is 1. The van der Waals surface area contributed by atoms with Crippen molar-refractivity contribution in [2.24, 2.45) is 0 Å². The van der Waals surface area contributed by atoms with Gasteiger partial charge in [0.05, 0.1) is 12.4 Å². The lowest BCUT2D eigenvalue weighted by atomic mass is 10.1. The monoisotopic (exact) mass is 324 g/mol. The molecule has 0 aliphatic heterocycles. The maximum absolute atomic E-state index is 12.0. The van der Waals surface area contributed by atoms with Crippen molar-refractivity contribution in [1.29, 1.82) is 5.26 Å². The van der Waals surface area contributed by atoms with Crippen molar-refractivity contribution in [3.8, 4) is 17.4 Å². The van der Waals surface area contributed by atoms with Crippen molar-refractivity contribution in [3.63, 3.8) is 0 Å². The summed E-state index contributed by atoms with van der Waals surface area (Å²) in [6, 6.07) is 12.5. The van der Waals surface area contributed by atoms with Gasteiger partial charge in [-0.25, -0.2) is 4.79 Å². The largest absolute Gasteiger partial charge is 0.464 e. The van der Waals surface area contributed by atoms with E-state index in [4.69, 9.17) is 14.4 Å². The average Bonchev–Trinajstić information content (AvgIpc) is 3.06. The molecule has 6 nitrogen and oxygen atoms in total. The van der Waals surface area contributed by atoms with E-state index in [1.165, 1.54) is 6.08 Å². The smallest absolute Gasteiger partial charge is 0.414 e. The fourth-order valence-corrected chi connectivity index (χ4v) is 1.94. The Hall–Kier alpha value is -3.33. The van der Waals surface area contributed by atoms with E-state index in [-0.39, 0.29) is 11.7 Å². The van der Waals surface area contributed by atoms with Gasteiger partial charge in [-0.1, -0.05) is 18.2 Å². The molecule has 0 fully saturated rings. The minimum atomic E-state index is -0.888. The van der Waals surface area contributed by atoms with Crippen LogP contribution in [0.2, 0.25) is 0 Å². The molecule has 0 aliphatic rings. The fraction of sp³-hybridized carbons (Fsp3) is 0.167. The SMILES string of the molecule is CC(C)OC(=O)NC(=O)/C(C#N)=C\c1cccc(-c2ccco2)c1. The Bertz CT molecular complexity index is 799. The normalized spacial score (nSPS) is 11.0. The predicted octanol–water partition coefficient (Wildman–Crippen LogP) is 3.51. The number of nitrogens with one attached hydrogen (secondary N) is 1. The van der Waals surface area contributed by atoms with Crippen molar-refractivity contribution in [2.75, 3.05) is 0 Å². The van der Waals surface area contributed by atoms with Crippen LogP contribution in [0.4, 0.5) is 4.79 Å². The van der Waals surface area contributed by atoms with Crippen LogP contribution in [0, 0.1) is 11.3 Å². The third-order valence-electron chi connectivity index (χ3n) is 2.93. The van der Waals surface area contributed by atoms with E-state index in [1.54, 1.807) is 50.4 Å². The van der Waals surface area contributed by atoms with Crippen LogP contribution < -0.4 is 5.32 Å². The molecule has 2 amide bonds. The van der Waals surface area contributed by atoms with Gasteiger partial charge < -0.3 is 9.15 Å². The molecule has 1 aromatic carbocycles. The van der Waals surface area contributed by atoms with Crippen LogP contribution in [-0.4, -0.2) is 18.1 Å². The second-order valence-electron chi connectivity index (χ2n) is 5.18. The molecule has 2 aromatic rings. The fourth-order valence-electron chi connectivity index (χ4n) is 1.94. The summed E-state index contributed by atoms with van der Waals surface area (Å²) in [5.41, 5.74) is 1.24. The third-order valence-corrected chi connectivity index (χ3v) is 2.93. The van der Waals surface area contributed by atoms with Crippen molar-refractivity contribution < 1.29 is 18.7 Å². The standard InChI is InChI=1S/C18H16N2O4/c1-12(2)24-18(22)20-17(21)15(11-19)10-13-5-3-6-14(9-13)16-7-4-8-23-16/h3-10,12H,1-2H3,(H,20,21,22)/b15-10-. The van der Waals surface area contributed by atoms with Gasteiger partial charge in [-0.2, -0.15) is 5.26 Å². The number of benzene rings is 1. The Morgan fingerprint density at radius 3 is 2.71 bits per heavy atom. The molecule has 0 radical (unpaired) electrons. The van der Waals surface area contributed by atoms with E-state index in [2.05, 4.69) is 0 Å². The molecule has 0 saturated heterocycles. The van der Waals surface area contributed by atoms with E-state index in [1.807, 2.05) is 17.4 Å². The first-order chi connectivity index (χ1) is 11.5. The summed E-state index contributed by atoms with van der Waals surface area (Å²) in [7, 11) is 0. The molecule has 0 spiro atoms. The topological polar surface area (TPSA) is 92.3 Å². The highest BCUT2D eigenvalue weighted by Crippen LogP contribution is 2.21. The van der Waals surface area contributed by atoms with E-state index in [9.17, 15) is 9.59 Å². The van der Waals surface area contributed by atoms with Gasteiger partial charge >= 0.3 is 6.09 Å². The van der Waals surface area contributed by atoms with Gasteiger partial charge in [-0.3, -0.25) is 10.1 Å². The number of hydrogen-bond acceptors (Lipinski definition) is 5. The lowest BCUT2D eigenvalue weighted by molar-refractivity contribution is -0.116. The molecule has 0 unspecified atom stereocenters. The van der Waals surface area contributed by atoms with Gasteiger partial charge in [0.1, 0.15) is 17.4 Å². The number of alkyl carbamates (subject to hydrolysis) is 1. The highest BCUT2D eigenvalue weighted by Gasteiger charge is 2.15. The summed E-state index contributed by atoms with van der Waals surface area (Å²) >= 11 is 0. The molecular weight excluding hydrogens is 308 g/mol. The second-order valence-corrected chi connectivity index (χ2v) is 5.18. The Morgan fingerprint density at radius 1 is 1.29 bits per heavy atom. The van der Waals surface area contributed by atoms with Crippen molar-refractivity contribution in [1.82, 2.24) is 5.32 Å². The molecule has 0 saturated carbocycles. The van der Waals surface area contributed by atoms with Gasteiger partial charge in [-0.05, 0) is 43.7 Å². The highest BCUT2D eigenvalue weighted by molar-refractivity contribution is 6.08. The first kappa shape index (κ1) is 17.0. The van der Waals surface area contributed by atoms with Gasteiger partial charge in [0.2, 0.25) is 0 Å². The van der Waals surface area contributed by atoms with Crippen LogP contribution in [0.1, 0.15) is 19.4 Å². The molecule has 1 heterocycles. The Balaban J connectivity index is 2.18. The van der Waals surface area contributed by atoms with Gasteiger partial charge in [-0.15, -0.1) is 0 Å². The number of imide groups is 1. The molecule has 0 aliphatic carbocycles. The number of nitrogens with zero attached hydrogens (tertiary/aromatic N) is 1. The molecular formula is C18H16N2O4. The Morgan fingerprint density at radius 2 is 2.08 bits per heavy atom. The number of furan rings is 1. The van der Waals surface area contributed by atoms with Gasteiger partial charge in [0.15, 0.2) is 0 Å². The molecule has 1 aromatic heterocycles. The quantitative estimate of drug-likeness (QED) is 0.686. The minimum Gasteiger partial charge on any atom is -0.464 e. The van der Waals surface area contributed by atoms with Crippen molar-refractivity contribution >= 4 is 18.1 Å². The van der Waals surface area contributed by atoms with Gasteiger partial charge in [0, 0.05) is 5.56 Å². The lowest BCUT2D eigenvalue weighted by Crippen LogP contribution is -2.33.